The topological polar surface area (TPSA) is 122 Å². The summed E-state index contributed by atoms with van der Waals surface area (Å²) in [6.45, 7) is 26.2. The van der Waals surface area contributed by atoms with Gasteiger partial charge in [0.1, 0.15) is 18.3 Å². The number of hydrogen-bond donors (Lipinski definition) is 2. The zero-order valence-corrected chi connectivity index (χ0v) is 40.7. The molecule has 5 aliphatic heterocycles. The molecule has 5 atom stereocenters. The van der Waals surface area contributed by atoms with Gasteiger partial charge in [-0.15, -0.1) is 0 Å². The quantitative estimate of drug-likeness (QED) is 0.0928. The van der Waals surface area contributed by atoms with Crippen molar-refractivity contribution in [2.24, 2.45) is 50.5 Å². The van der Waals surface area contributed by atoms with Crippen molar-refractivity contribution in [3.63, 3.8) is 0 Å². The van der Waals surface area contributed by atoms with Gasteiger partial charge in [0.15, 0.2) is 0 Å². The summed E-state index contributed by atoms with van der Waals surface area (Å²) in [4.78, 5) is 42.4. The van der Waals surface area contributed by atoms with E-state index in [4.69, 9.17) is 24.5 Å². The molecule has 1 saturated heterocycles. The maximum atomic E-state index is 13.6. The van der Waals surface area contributed by atoms with Gasteiger partial charge in [-0.25, -0.2) is 15.0 Å². The van der Waals surface area contributed by atoms with Gasteiger partial charge in [-0.05, 0) is 118 Å². The van der Waals surface area contributed by atoms with Gasteiger partial charge in [-0.2, -0.15) is 0 Å². The molecule has 0 aromatic rings. The van der Waals surface area contributed by atoms with Crippen molar-refractivity contribution < 1.29 is 24.2 Å². The highest BCUT2D eigenvalue weighted by Crippen LogP contribution is 2.49. The molecule has 6 aliphatic rings. The number of nitrogens with one attached hydrogen (secondary N) is 1. The third-order valence-electron chi connectivity index (χ3n) is 14.3. The summed E-state index contributed by atoms with van der Waals surface area (Å²) in [5, 5.41) is 15.6. The second-order valence-corrected chi connectivity index (χ2v) is 19.5. The number of aliphatic hydroxyl groups excluding tert-OH is 1. The van der Waals surface area contributed by atoms with E-state index in [0.717, 1.165) is 99.1 Å². The number of fused-ring (bicyclic) bond motifs is 5. The van der Waals surface area contributed by atoms with Crippen LogP contribution in [0.15, 0.2) is 131 Å². The average molecular weight is 871 g/mol. The zero-order chi connectivity index (χ0) is 46.4. The molecule has 0 amide bonds. The van der Waals surface area contributed by atoms with Crippen LogP contribution in [0.25, 0.3) is 0 Å². The van der Waals surface area contributed by atoms with E-state index in [0.29, 0.717) is 29.0 Å². The molecular weight excluding hydrogens is 797 g/mol. The van der Waals surface area contributed by atoms with E-state index >= 15 is 0 Å². The van der Waals surface area contributed by atoms with Crippen molar-refractivity contribution >= 4 is 29.1 Å². The Hall–Kier alpha value is -5.05. The Bertz CT molecular complexity index is 2300. The number of methoxy groups -OCH3 is 1. The Morgan fingerprint density at radius 3 is 2.19 bits per heavy atom. The van der Waals surface area contributed by atoms with Crippen LogP contribution in [0.2, 0.25) is 0 Å². The van der Waals surface area contributed by atoms with Crippen molar-refractivity contribution in [3.8, 4) is 0 Å². The number of allylic oxidation sites excluding steroid dienone is 12. The molecular formula is C55H74N4O5. The maximum absolute atomic E-state index is 13.6. The van der Waals surface area contributed by atoms with Gasteiger partial charge in [0.2, 0.25) is 0 Å². The van der Waals surface area contributed by atoms with Crippen LogP contribution in [0.3, 0.4) is 0 Å². The predicted molar refractivity (Wildman–Crippen MR) is 262 cm³/mol. The van der Waals surface area contributed by atoms with E-state index in [2.05, 4.69) is 73.4 Å². The van der Waals surface area contributed by atoms with E-state index in [-0.39, 0.29) is 36.6 Å². The van der Waals surface area contributed by atoms with Gasteiger partial charge in [0.05, 0.1) is 41.3 Å². The van der Waals surface area contributed by atoms with Crippen LogP contribution >= 0.6 is 0 Å². The van der Waals surface area contributed by atoms with Crippen LogP contribution in [-0.2, 0) is 19.1 Å². The summed E-state index contributed by atoms with van der Waals surface area (Å²) in [7, 11) is 1.33. The molecule has 1 aliphatic carbocycles. The summed E-state index contributed by atoms with van der Waals surface area (Å²) in [5.41, 5.74) is 13.3. The van der Waals surface area contributed by atoms with Gasteiger partial charge in [-0.3, -0.25) is 9.59 Å². The minimum absolute atomic E-state index is 0.0838. The highest BCUT2D eigenvalue weighted by atomic mass is 16.5. The third-order valence-corrected chi connectivity index (χ3v) is 14.3. The molecule has 6 rings (SSSR count). The van der Waals surface area contributed by atoms with Crippen LogP contribution < -0.4 is 5.32 Å². The van der Waals surface area contributed by atoms with Crippen molar-refractivity contribution in [2.75, 3.05) is 13.7 Å². The second-order valence-electron chi connectivity index (χ2n) is 19.5. The smallest absolute Gasteiger partial charge is 0.321 e. The van der Waals surface area contributed by atoms with Crippen LogP contribution in [0, 0.1) is 35.5 Å². The fourth-order valence-electron chi connectivity index (χ4n) is 10.2. The lowest BCUT2D eigenvalue weighted by molar-refractivity contribution is -0.144. The normalized spacial score (nSPS) is 22.8. The first-order valence-electron chi connectivity index (χ1n) is 24.1. The Morgan fingerprint density at radius 2 is 1.53 bits per heavy atom. The zero-order valence-electron chi connectivity index (χ0n) is 40.7. The molecule has 2 N–H and O–H groups in total. The molecule has 344 valence electrons. The fraction of sp³-hybridized carbons (Fsp3) is 0.545. The number of esters is 2. The first-order chi connectivity index (χ1) is 30.6. The van der Waals surface area contributed by atoms with E-state index < -0.39 is 11.9 Å². The Morgan fingerprint density at radius 1 is 0.875 bits per heavy atom. The van der Waals surface area contributed by atoms with E-state index in [1.807, 2.05) is 38.2 Å². The first kappa shape index (κ1) is 48.4. The monoisotopic (exact) mass is 871 g/mol. The van der Waals surface area contributed by atoms with E-state index in [1.165, 1.54) is 57.6 Å². The molecule has 0 radical (unpaired) electrons. The van der Waals surface area contributed by atoms with Crippen LogP contribution in [0.1, 0.15) is 146 Å². The Balaban J connectivity index is 1.20. The van der Waals surface area contributed by atoms with Crippen molar-refractivity contribution in [1.82, 2.24) is 5.32 Å². The van der Waals surface area contributed by atoms with E-state index in [1.54, 1.807) is 0 Å². The molecule has 0 aromatic carbocycles. The minimum atomic E-state index is -1.08. The number of aliphatic hydroxyl groups is 1. The molecule has 5 heterocycles. The first-order valence-corrected chi connectivity index (χ1v) is 24.1. The molecule has 0 unspecified atom stereocenters. The second kappa shape index (κ2) is 21.3. The number of rotatable bonds is 20. The van der Waals surface area contributed by atoms with Gasteiger partial charge in [0.25, 0.3) is 0 Å². The summed E-state index contributed by atoms with van der Waals surface area (Å²) in [5.74, 6) is -0.0182. The molecule has 1 fully saturated rings. The molecule has 0 aromatic heterocycles. The third kappa shape index (κ3) is 10.6. The van der Waals surface area contributed by atoms with Crippen molar-refractivity contribution in [1.29, 1.82) is 0 Å². The fourth-order valence-corrected chi connectivity index (χ4v) is 10.2. The lowest BCUT2D eigenvalue weighted by Gasteiger charge is -2.20. The number of carbonyl (C=O) groups is 2. The Kier molecular flexibility index (Phi) is 16.1. The highest BCUT2D eigenvalue weighted by Gasteiger charge is 2.49. The number of hydrogen-bond acceptors (Lipinski definition) is 9. The standard InChI is InChI=1S/C55H74N4O5/c1-13-39-35(8)42-28-44-37(10)41(24-25-48(60)64-27-26-34(7)23-17-22-33(6)21-16-20-32(5)19-15-18-31(3)4)52(58-44)50-51(55(62)63-12)54(61)49-38(11)45(59-53(49)50)30-47-40(14-2)36(9)43(57-47)29-46(39)56-42/h13,26,28-33,37,41,51,58,61H,1,14-25,27H2,2-12H3/b34-26+,44-28?,46-29?,47-30?,52-50?/t32-,33+,37+,41+,51-/m1/s1. The molecule has 9 heteroatoms. The maximum Gasteiger partial charge on any atom is 0.321 e. The van der Waals surface area contributed by atoms with Gasteiger partial charge in [-0.1, -0.05) is 105 Å². The van der Waals surface area contributed by atoms with Crippen LogP contribution in [0.4, 0.5) is 0 Å². The summed E-state index contributed by atoms with van der Waals surface area (Å²) in [6.07, 6.45) is 22.7. The Labute approximate surface area is 383 Å². The lowest BCUT2D eigenvalue weighted by atomic mass is 9.84. The summed E-state index contributed by atoms with van der Waals surface area (Å²) >= 11 is 0. The average Bonchev–Trinajstić information content (AvgIpc) is 3.99. The lowest BCUT2D eigenvalue weighted by Crippen LogP contribution is -2.25. The molecule has 64 heavy (non-hydrogen) atoms. The number of carbonyl (C=O) groups excluding carboxylic acids is 2. The molecule has 0 saturated carbocycles. The van der Waals surface area contributed by atoms with Gasteiger partial charge >= 0.3 is 11.9 Å². The number of ether oxygens (including phenoxy) is 2. The van der Waals surface area contributed by atoms with Crippen molar-refractivity contribution in [2.45, 2.75) is 146 Å². The summed E-state index contributed by atoms with van der Waals surface area (Å²) in [6, 6.07) is 0. The van der Waals surface area contributed by atoms with Gasteiger partial charge < -0.3 is 19.9 Å². The largest absolute Gasteiger partial charge is 0.510 e. The van der Waals surface area contributed by atoms with Crippen molar-refractivity contribution in [3.05, 3.63) is 116 Å². The van der Waals surface area contributed by atoms with Gasteiger partial charge in [0, 0.05) is 46.4 Å². The molecule has 9 nitrogen and oxygen atoms in total. The molecule has 8 bridgehead atoms. The SMILES string of the molecule is C=CC1=C(C)C2=NC1=CC1=NC(=CC3=C(C)C4=C(O)[C@H](C(=O)OC)C(=C5NC(=C2)[C@@H](C)[C@@H]5CCC(=O)OC/C=C(\C)CCC[C@@H](C)CCC[C@H](C)CCCC(C)C)C4=N3)C(CC)=C1C. The number of aliphatic imine (C=N–C) groups is 3. The van der Waals surface area contributed by atoms with Crippen LogP contribution in [-0.4, -0.2) is 47.9 Å². The highest BCUT2D eigenvalue weighted by molar-refractivity contribution is 6.24. The minimum Gasteiger partial charge on any atom is -0.510 e. The number of nitrogens with zero attached hydrogens (tertiary/aromatic N) is 3. The molecule has 0 spiro atoms. The predicted octanol–water partition coefficient (Wildman–Crippen LogP) is 13.0. The summed E-state index contributed by atoms with van der Waals surface area (Å²) < 4.78 is 11.1. The van der Waals surface area contributed by atoms with Crippen LogP contribution in [0.5, 0.6) is 0 Å². The van der Waals surface area contributed by atoms with E-state index in [9.17, 15) is 14.7 Å².